The maximum absolute atomic E-state index is 11.7. The van der Waals surface area contributed by atoms with Crippen LogP contribution in [0.5, 0.6) is 0 Å². The van der Waals surface area contributed by atoms with E-state index in [1.165, 1.54) is 6.92 Å². The van der Waals surface area contributed by atoms with Crippen LogP contribution in [0.25, 0.3) is 10.9 Å². The molecule has 4 nitrogen and oxygen atoms in total. The van der Waals surface area contributed by atoms with Crippen LogP contribution in [-0.4, -0.2) is 10.8 Å². The molecular formula is C12H11NO3. The first kappa shape index (κ1) is 10.5. The zero-order valence-electron chi connectivity index (χ0n) is 9.11. The van der Waals surface area contributed by atoms with Gasteiger partial charge in [0.25, 0.3) is 0 Å². The minimum atomic E-state index is -0.431. The van der Waals surface area contributed by atoms with Crippen molar-refractivity contribution >= 4 is 16.7 Å². The number of carbonyl (C=O) groups excluding carboxylic acids is 1. The number of rotatable bonds is 2. The topological polar surface area (TPSA) is 60.2 Å². The van der Waals surface area contributed by atoms with E-state index >= 15 is 0 Å². The number of benzene rings is 1. The van der Waals surface area contributed by atoms with E-state index in [1.807, 2.05) is 19.1 Å². The van der Waals surface area contributed by atoms with Crippen LogP contribution in [-0.2, 0) is 11.2 Å². The van der Waals surface area contributed by atoms with E-state index in [-0.39, 0.29) is 18.1 Å². The van der Waals surface area contributed by atoms with E-state index < -0.39 is 5.63 Å². The summed E-state index contributed by atoms with van der Waals surface area (Å²) in [6.07, 6.45) is 0.0547. The van der Waals surface area contributed by atoms with Crippen LogP contribution in [0.2, 0.25) is 0 Å². The van der Waals surface area contributed by atoms with Gasteiger partial charge in [0.2, 0.25) is 5.89 Å². The average Bonchev–Trinajstić information content (AvgIpc) is 2.15. The Morgan fingerprint density at radius 2 is 2.19 bits per heavy atom. The summed E-state index contributed by atoms with van der Waals surface area (Å²) < 4.78 is 4.99. The largest absolute Gasteiger partial charge is 0.407 e. The Balaban J connectivity index is 2.69. The predicted octanol–water partition coefficient (Wildman–Crippen LogP) is 1.63. The van der Waals surface area contributed by atoms with Gasteiger partial charge in [-0.25, -0.2) is 9.78 Å². The van der Waals surface area contributed by atoms with Crippen molar-refractivity contribution in [3.05, 3.63) is 40.1 Å². The number of hydrogen-bond acceptors (Lipinski definition) is 4. The smallest absolute Gasteiger partial charge is 0.347 e. The lowest BCUT2D eigenvalue weighted by Crippen LogP contribution is -2.09. The highest BCUT2D eigenvalue weighted by molar-refractivity contribution is 5.81. The Kier molecular flexibility index (Phi) is 2.56. The van der Waals surface area contributed by atoms with E-state index in [2.05, 4.69) is 4.98 Å². The number of aromatic nitrogens is 1. The van der Waals surface area contributed by atoms with Crippen molar-refractivity contribution in [2.45, 2.75) is 20.3 Å². The molecule has 0 fully saturated rings. The number of ketones is 1. The first-order chi connectivity index (χ1) is 7.58. The molecule has 1 heterocycles. The van der Waals surface area contributed by atoms with Crippen molar-refractivity contribution in [2.24, 2.45) is 0 Å². The zero-order chi connectivity index (χ0) is 11.7. The minimum Gasteiger partial charge on any atom is -0.407 e. The van der Waals surface area contributed by atoms with Crippen molar-refractivity contribution in [1.29, 1.82) is 0 Å². The van der Waals surface area contributed by atoms with Gasteiger partial charge in [0.1, 0.15) is 5.78 Å². The van der Waals surface area contributed by atoms with Crippen molar-refractivity contribution in [2.75, 3.05) is 0 Å². The van der Waals surface area contributed by atoms with Gasteiger partial charge in [-0.1, -0.05) is 12.1 Å². The molecule has 2 aromatic rings. The van der Waals surface area contributed by atoms with E-state index in [0.29, 0.717) is 10.9 Å². The molecule has 82 valence electrons. The highest BCUT2D eigenvalue weighted by Crippen LogP contribution is 2.12. The summed E-state index contributed by atoms with van der Waals surface area (Å²) in [5.41, 5.74) is 0.972. The van der Waals surface area contributed by atoms with Crippen LogP contribution in [0, 0.1) is 6.92 Å². The molecule has 0 bridgehead atoms. The lowest BCUT2D eigenvalue weighted by molar-refractivity contribution is -0.116. The number of nitrogens with zero attached hydrogens (tertiary/aromatic N) is 1. The molecule has 0 radical (unpaired) electrons. The average molecular weight is 217 g/mol. The predicted molar refractivity (Wildman–Crippen MR) is 59.4 cm³/mol. The fourth-order valence-electron chi connectivity index (χ4n) is 1.61. The van der Waals surface area contributed by atoms with Gasteiger partial charge in [-0.3, -0.25) is 4.79 Å². The van der Waals surface area contributed by atoms with Crippen LogP contribution in [0.3, 0.4) is 0 Å². The Hall–Kier alpha value is -1.97. The van der Waals surface area contributed by atoms with E-state index in [4.69, 9.17) is 4.42 Å². The van der Waals surface area contributed by atoms with E-state index in [1.54, 1.807) is 6.07 Å². The number of hydrogen-bond donors (Lipinski definition) is 0. The summed E-state index contributed by atoms with van der Waals surface area (Å²) in [5.74, 6) is 0.0956. The Morgan fingerprint density at radius 3 is 2.88 bits per heavy atom. The Morgan fingerprint density at radius 1 is 1.44 bits per heavy atom. The molecule has 0 aliphatic rings. The third-order valence-corrected chi connectivity index (χ3v) is 2.31. The summed E-state index contributed by atoms with van der Waals surface area (Å²) in [4.78, 5) is 26.8. The van der Waals surface area contributed by atoms with Crippen LogP contribution < -0.4 is 5.63 Å². The van der Waals surface area contributed by atoms with E-state index in [0.717, 1.165) is 5.56 Å². The quantitative estimate of drug-likeness (QED) is 0.767. The molecule has 0 aliphatic carbocycles. The van der Waals surface area contributed by atoms with Gasteiger partial charge in [-0.05, 0) is 25.5 Å². The molecule has 1 aromatic heterocycles. The molecule has 0 saturated heterocycles. The second-order valence-corrected chi connectivity index (χ2v) is 3.74. The molecule has 0 atom stereocenters. The van der Waals surface area contributed by atoms with Gasteiger partial charge in [0.05, 0.1) is 17.3 Å². The Labute approximate surface area is 91.9 Å². The van der Waals surface area contributed by atoms with Crippen LogP contribution in [0.4, 0.5) is 0 Å². The highest BCUT2D eigenvalue weighted by Gasteiger charge is 2.09. The fraction of sp³-hybridized carbons (Fsp3) is 0.250. The maximum Gasteiger partial charge on any atom is 0.347 e. The van der Waals surface area contributed by atoms with Gasteiger partial charge >= 0.3 is 5.63 Å². The van der Waals surface area contributed by atoms with E-state index in [9.17, 15) is 9.59 Å². The van der Waals surface area contributed by atoms with Gasteiger partial charge in [0, 0.05) is 0 Å². The molecule has 1 aromatic carbocycles. The lowest BCUT2D eigenvalue weighted by Gasteiger charge is -2.01. The van der Waals surface area contributed by atoms with Crippen molar-refractivity contribution in [3.63, 3.8) is 0 Å². The molecule has 2 rings (SSSR count). The fourth-order valence-corrected chi connectivity index (χ4v) is 1.61. The number of Topliss-reactive ketones (excluding diaryl/α,β-unsaturated/α-hetero) is 1. The van der Waals surface area contributed by atoms with Crippen LogP contribution in [0.1, 0.15) is 18.4 Å². The molecular weight excluding hydrogens is 206 g/mol. The minimum absolute atomic E-state index is 0.0547. The summed E-state index contributed by atoms with van der Waals surface area (Å²) >= 11 is 0. The molecule has 0 aliphatic heterocycles. The van der Waals surface area contributed by atoms with Gasteiger partial charge in [-0.2, -0.15) is 0 Å². The van der Waals surface area contributed by atoms with Crippen LogP contribution in [0.15, 0.2) is 27.4 Å². The van der Waals surface area contributed by atoms with Crippen molar-refractivity contribution < 1.29 is 9.21 Å². The summed E-state index contributed by atoms with van der Waals surface area (Å²) in [5, 5.41) is 0.481. The first-order valence-electron chi connectivity index (χ1n) is 4.96. The van der Waals surface area contributed by atoms with Gasteiger partial charge in [0.15, 0.2) is 0 Å². The third kappa shape index (κ3) is 1.86. The number of carbonyl (C=O) groups is 1. The second-order valence-electron chi connectivity index (χ2n) is 3.74. The first-order valence-corrected chi connectivity index (χ1v) is 4.96. The molecule has 4 heteroatoms. The monoisotopic (exact) mass is 217 g/mol. The van der Waals surface area contributed by atoms with Gasteiger partial charge < -0.3 is 4.42 Å². The molecule has 0 amide bonds. The number of aryl methyl sites for hydroxylation is 1. The van der Waals surface area contributed by atoms with Crippen molar-refractivity contribution in [1.82, 2.24) is 4.98 Å². The van der Waals surface area contributed by atoms with Crippen molar-refractivity contribution in [3.8, 4) is 0 Å². The number of fused-ring (bicyclic) bond motifs is 1. The standard InChI is InChI=1S/C12H11NO3/c1-7-4-3-5-9-11(7)12(15)16-10(13-9)6-8(2)14/h3-5H,6H2,1-2H3. The summed E-state index contributed by atoms with van der Waals surface area (Å²) in [6, 6.07) is 5.39. The molecule has 0 N–H and O–H groups in total. The lowest BCUT2D eigenvalue weighted by atomic mass is 10.1. The molecule has 0 unspecified atom stereocenters. The summed E-state index contributed by atoms with van der Waals surface area (Å²) in [6.45, 7) is 3.26. The molecule has 0 spiro atoms. The second kappa shape index (κ2) is 3.89. The molecule has 0 saturated carbocycles. The zero-order valence-corrected chi connectivity index (χ0v) is 9.11. The normalized spacial score (nSPS) is 10.6. The highest BCUT2D eigenvalue weighted by atomic mass is 16.4. The SMILES string of the molecule is CC(=O)Cc1nc2cccc(C)c2c(=O)o1. The maximum atomic E-state index is 11.7. The Bertz CT molecular complexity index is 613. The van der Waals surface area contributed by atoms with Gasteiger partial charge in [-0.15, -0.1) is 0 Å². The summed E-state index contributed by atoms with van der Waals surface area (Å²) in [7, 11) is 0. The van der Waals surface area contributed by atoms with Crippen LogP contribution >= 0.6 is 0 Å². The molecule has 16 heavy (non-hydrogen) atoms. The third-order valence-electron chi connectivity index (χ3n) is 2.31.